The molecule has 1 saturated carbocycles. The Balaban J connectivity index is 2.12. The molecule has 2 atom stereocenters. The molecule has 2 nitrogen and oxygen atoms in total. The molecule has 1 fully saturated rings. The molecule has 1 aliphatic rings. The van der Waals surface area contributed by atoms with Gasteiger partial charge in [-0.25, -0.2) is 0 Å². The number of rotatable bonds is 2. The molecule has 14 heavy (non-hydrogen) atoms. The number of alkyl halides is 1. The van der Waals surface area contributed by atoms with Gasteiger partial charge in [0.15, 0.2) is 0 Å². The second-order valence-corrected chi connectivity index (χ2v) is 5.21. The zero-order chi connectivity index (χ0) is 9.97. The van der Waals surface area contributed by atoms with Crippen molar-refractivity contribution in [2.45, 2.75) is 49.9 Å². The van der Waals surface area contributed by atoms with Crippen LogP contribution in [0.4, 0.5) is 0 Å². The van der Waals surface area contributed by atoms with Gasteiger partial charge in [0.2, 0.25) is 0 Å². The molecule has 1 heterocycles. The summed E-state index contributed by atoms with van der Waals surface area (Å²) in [6, 6.07) is 0. The highest BCUT2D eigenvalue weighted by Crippen LogP contribution is 2.37. The van der Waals surface area contributed by atoms with E-state index in [9.17, 15) is 0 Å². The summed E-state index contributed by atoms with van der Waals surface area (Å²) >= 11 is 3.79. The quantitative estimate of drug-likeness (QED) is 0.743. The molecule has 1 aliphatic carbocycles. The van der Waals surface area contributed by atoms with E-state index < -0.39 is 0 Å². The summed E-state index contributed by atoms with van der Waals surface area (Å²) in [5, 5.41) is 4.34. The van der Waals surface area contributed by atoms with Gasteiger partial charge < -0.3 is 0 Å². The molecule has 78 valence electrons. The van der Waals surface area contributed by atoms with Crippen molar-refractivity contribution in [3.8, 4) is 0 Å². The summed E-state index contributed by atoms with van der Waals surface area (Å²) in [4.78, 5) is 0.658. The van der Waals surface area contributed by atoms with E-state index in [0.717, 1.165) is 6.54 Å². The lowest BCUT2D eigenvalue weighted by Gasteiger charge is -2.26. The Kier molecular flexibility index (Phi) is 3.26. The molecule has 0 saturated heterocycles. The van der Waals surface area contributed by atoms with Crippen molar-refractivity contribution in [1.82, 2.24) is 9.78 Å². The maximum absolute atomic E-state index is 4.34. The largest absolute Gasteiger partial charge is 0.273 e. The van der Waals surface area contributed by atoms with Crippen LogP contribution in [0.15, 0.2) is 12.4 Å². The van der Waals surface area contributed by atoms with Gasteiger partial charge in [-0.2, -0.15) is 5.10 Å². The Morgan fingerprint density at radius 2 is 2.29 bits per heavy atom. The molecule has 0 radical (unpaired) electrons. The zero-order valence-electron chi connectivity index (χ0n) is 8.62. The van der Waals surface area contributed by atoms with E-state index in [1.807, 2.05) is 10.9 Å². The van der Waals surface area contributed by atoms with Crippen LogP contribution in [0.25, 0.3) is 0 Å². The molecule has 2 unspecified atom stereocenters. The monoisotopic (exact) mass is 256 g/mol. The van der Waals surface area contributed by atoms with Crippen molar-refractivity contribution >= 4 is 15.9 Å². The van der Waals surface area contributed by atoms with Gasteiger partial charge in [0.1, 0.15) is 0 Å². The topological polar surface area (TPSA) is 17.8 Å². The molecule has 0 bridgehead atoms. The molecule has 0 aromatic carbocycles. The first kappa shape index (κ1) is 10.2. The average molecular weight is 257 g/mol. The summed E-state index contributed by atoms with van der Waals surface area (Å²) in [6.45, 7) is 3.10. The van der Waals surface area contributed by atoms with Crippen LogP contribution in [0.1, 0.15) is 44.1 Å². The van der Waals surface area contributed by atoms with Crippen LogP contribution in [0, 0.1) is 0 Å². The highest BCUT2D eigenvalue weighted by molar-refractivity contribution is 9.09. The fraction of sp³-hybridized carbons (Fsp3) is 0.727. The molecule has 1 aromatic rings. The van der Waals surface area contributed by atoms with Gasteiger partial charge in [-0.15, -0.1) is 0 Å². The Bertz CT molecular complexity index is 295. The zero-order valence-corrected chi connectivity index (χ0v) is 10.2. The number of hydrogen-bond donors (Lipinski definition) is 0. The molecule has 0 spiro atoms. The highest BCUT2D eigenvalue weighted by Gasteiger charge is 2.25. The van der Waals surface area contributed by atoms with Crippen LogP contribution in [0.5, 0.6) is 0 Å². The van der Waals surface area contributed by atoms with Crippen LogP contribution < -0.4 is 0 Å². The van der Waals surface area contributed by atoms with Gasteiger partial charge in [0.05, 0.1) is 6.20 Å². The Morgan fingerprint density at radius 1 is 1.50 bits per heavy atom. The second kappa shape index (κ2) is 4.47. The van der Waals surface area contributed by atoms with Crippen molar-refractivity contribution in [3.05, 3.63) is 18.0 Å². The third-order valence-electron chi connectivity index (χ3n) is 3.09. The maximum atomic E-state index is 4.34. The second-order valence-electron chi connectivity index (χ2n) is 4.04. The summed E-state index contributed by atoms with van der Waals surface area (Å²) in [6.07, 6.45) is 9.59. The van der Waals surface area contributed by atoms with E-state index in [1.54, 1.807) is 0 Å². The van der Waals surface area contributed by atoms with Gasteiger partial charge in [0, 0.05) is 17.6 Å². The Labute approximate surface area is 93.8 Å². The fourth-order valence-corrected chi connectivity index (χ4v) is 3.10. The molecule has 3 heteroatoms. The maximum Gasteiger partial charge on any atom is 0.0524 e. The smallest absolute Gasteiger partial charge is 0.0524 e. The first-order chi connectivity index (χ1) is 6.81. The number of halogens is 1. The van der Waals surface area contributed by atoms with E-state index in [2.05, 4.69) is 34.1 Å². The molecule has 0 N–H and O–H groups in total. The molecule has 2 rings (SSSR count). The lowest BCUT2D eigenvalue weighted by Crippen LogP contribution is -2.16. The van der Waals surface area contributed by atoms with Crippen LogP contribution in [0.3, 0.4) is 0 Å². The van der Waals surface area contributed by atoms with Gasteiger partial charge in [-0.05, 0) is 31.2 Å². The first-order valence-electron chi connectivity index (χ1n) is 5.47. The highest BCUT2D eigenvalue weighted by atomic mass is 79.9. The van der Waals surface area contributed by atoms with Gasteiger partial charge >= 0.3 is 0 Å². The van der Waals surface area contributed by atoms with E-state index in [1.165, 1.54) is 31.2 Å². The van der Waals surface area contributed by atoms with Crippen LogP contribution >= 0.6 is 15.9 Å². The predicted molar refractivity (Wildman–Crippen MR) is 61.8 cm³/mol. The van der Waals surface area contributed by atoms with Crippen LogP contribution in [-0.2, 0) is 6.54 Å². The number of hydrogen-bond acceptors (Lipinski definition) is 1. The first-order valence-corrected chi connectivity index (χ1v) is 6.39. The van der Waals surface area contributed by atoms with Crippen molar-refractivity contribution in [2.24, 2.45) is 0 Å². The summed E-state index contributed by atoms with van der Waals surface area (Å²) in [5.41, 5.74) is 1.41. The standard InChI is InChI=1S/C11H17BrN2/c1-2-14-8-9(7-13-14)10-5-3-4-6-11(10)12/h7-8,10-11H,2-6H2,1H3. The Hall–Kier alpha value is -0.310. The van der Waals surface area contributed by atoms with Crippen molar-refractivity contribution in [1.29, 1.82) is 0 Å². The minimum Gasteiger partial charge on any atom is -0.273 e. The van der Waals surface area contributed by atoms with Crippen molar-refractivity contribution in [3.63, 3.8) is 0 Å². The lowest BCUT2D eigenvalue weighted by atomic mass is 9.85. The minimum atomic E-state index is 0.658. The normalized spacial score (nSPS) is 27.9. The predicted octanol–water partition coefficient (Wildman–Crippen LogP) is 3.32. The van der Waals surface area contributed by atoms with Gasteiger partial charge in [0.25, 0.3) is 0 Å². The van der Waals surface area contributed by atoms with Gasteiger partial charge in [-0.3, -0.25) is 4.68 Å². The van der Waals surface area contributed by atoms with E-state index in [-0.39, 0.29) is 0 Å². The number of aryl methyl sites for hydroxylation is 1. The number of aromatic nitrogens is 2. The summed E-state index contributed by atoms with van der Waals surface area (Å²) in [5.74, 6) is 0.684. The molecular weight excluding hydrogens is 240 g/mol. The number of nitrogens with zero attached hydrogens (tertiary/aromatic N) is 2. The van der Waals surface area contributed by atoms with E-state index >= 15 is 0 Å². The van der Waals surface area contributed by atoms with Gasteiger partial charge in [-0.1, -0.05) is 28.8 Å². The molecule has 1 aromatic heterocycles. The summed E-state index contributed by atoms with van der Waals surface area (Å²) < 4.78 is 2.02. The molecule has 0 amide bonds. The average Bonchev–Trinajstić information content (AvgIpc) is 2.67. The molecule has 0 aliphatic heterocycles. The fourth-order valence-electron chi connectivity index (χ4n) is 2.21. The SMILES string of the molecule is CCn1cc(C2CCCCC2Br)cn1. The minimum absolute atomic E-state index is 0.658. The van der Waals surface area contributed by atoms with Crippen molar-refractivity contribution < 1.29 is 0 Å². The van der Waals surface area contributed by atoms with E-state index in [0.29, 0.717) is 10.7 Å². The third-order valence-corrected chi connectivity index (χ3v) is 4.18. The van der Waals surface area contributed by atoms with Crippen molar-refractivity contribution in [2.75, 3.05) is 0 Å². The van der Waals surface area contributed by atoms with Crippen LogP contribution in [0.2, 0.25) is 0 Å². The Morgan fingerprint density at radius 3 is 2.93 bits per heavy atom. The summed E-state index contributed by atoms with van der Waals surface area (Å²) in [7, 11) is 0. The molecular formula is C11H17BrN2. The van der Waals surface area contributed by atoms with E-state index in [4.69, 9.17) is 0 Å². The third kappa shape index (κ3) is 2.02. The van der Waals surface area contributed by atoms with Crippen LogP contribution in [-0.4, -0.2) is 14.6 Å². The lowest BCUT2D eigenvalue weighted by molar-refractivity contribution is 0.460.